The minimum atomic E-state index is -1.42. The quantitative estimate of drug-likeness (QED) is 0.427. The summed E-state index contributed by atoms with van der Waals surface area (Å²) in [7, 11) is -1.42. The molecule has 25 heavy (non-hydrogen) atoms. The first-order chi connectivity index (χ1) is 12.4. The maximum atomic E-state index is 3.28. The van der Waals surface area contributed by atoms with Crippen molar-refractivity contribution in [2.24, 2.45) is 0 Å². The van der Waals surface area contributed by atoms with Gasteiger partial charge in [-0.1, -0.05) is 89.0 Å². The van der Waals surface area contributed by atoms with Crippen LogP contribution in [-0.4, -0.2) is 8.80 Å². The molecule has 3 aromatic carbocycles. The molecule has 0 aliphatic heterocycles. The molecule has 0 saturated carbocycles. The van der Waals surface area contributed by atoms with Gasteiger partial charge in [-0.2, -0.15) is 0 Å². The van der Waals surface area contributed by atoms with Crippen molar-refractivity contribution in [2.45, 2.75) is 0 Å². The van der Waals surface area contributed by atoms with Crippen molar-refractivity contribution >= 4 is 8.80 Å². The fourth-order valence-electron chi connectivity index (χ4n) is 2.06. The van der Waals surface area contributed by atoms with Gasteiger partial charge < -0.3 is 0 Å². The van der Waals surface area contributed by atoms with Gasteiger partial charge in [-0.25, -0.2) is 0 Å². The Hall–Kier alpha value is -3.44. The molecule has 115 valence electrons. The van der Waals surface area contributed by atoms with Gasteiger partial charge in [-0.05, 0) is 36.4 Å². The van der Waals surface area contributed by atoms with Gasteiger partial charge in [0.2, 0.25) is 0 Å². The zero-order chi connectivity index (χ0) is 17.2. The van der Waals surface area contributed by atoms with E-state index in [4.69, 9.17) is 0 Å². The van der Waals surface area contributed by atoms with E-state index in [1.54, 1.807) is 0 Å². The monoisotopic (exact) mass is 331 g/mol. The molecule has 0 unspecified atom stereocenters. The lowest BCUT2D eigenvalue weighted by Crippen LogP contribution is -2.05. The van der Waals surface area contributed by atoms with E-state index in [-0.39, 0.29) is 0 Å². The van der Waals surface area contributed by atoms with Crippen LogP contribution in [0.25, 0.3) is 0 Å². The van der Waals surface area contributed by atoms with Gasteiger partial charge in [0, 0.05) is 16.7 Å². The van der Waals surface area contributed by atoms with Crippen molar-refractivity contribution < 1.29 is 0 Å². The standard InChI is InChI=1S/C24H15Si/c1-4-10-22(11-5-1)16-19-25(20-17-23-12-6-2-7-13-23)21-18-24-14-8-3-9-15-24/h1-15H. The van der Waals surface area contributed by atoms with Crippen molar-refractivity contribution in [3.05, 3.63) is 108 Å². The Morgan fingerprint density at radius 1 is 0.400 bits per heavy atom. The molecule has 1 radical (unpaired) electrons. The van der Waals surface area contributed by atoms with Crippen molar-refractivity contribution in [2.75, 3.05) is 0 Å². The lowest BCUT2D eigenvalue weighted by Gasteiger charge is -1.91. The predicted molar refractivity (Wildman–Crippen MR) is 106 cm³/mol. The molecule has 0 spiro atoms. The van der Waals surface area contributed by atoms with Crippen molar-refractivity contribution in [1.29, 1.82) is 0 Å². The van der Waals surface area contributed by atoms with Crippen LogP contribution in [0.1, 0.15) is 16.7 Å². The number of hydrogen-bond donors (Lipinski definition) is 0. The van der Waals surface area contributed by atoms with E-state index >= 15 is 0 Å². The summed E-state index contributed by atoms with van der Waals surface area (Å²) in [5, 5.41) is 0. The molecule has 0 N–H and O–H groups in total. The summed E-state index contributed by atoms with van der Waals surface area (Å²) in [5.74, 6) is 9.62. The Bertz CT molecular complexity index is 850. The van der Waals surface area contributed by atoms with Gasteiger partial charge in [0.15, 0.2) is 0 Å². The van der Waals surface area contributed by atoms with Crippen LogP contribution in [0.5, 0.6) is 0 Å². The highest BCUT2D eigenvalue weighted by Crippen LogP contribution is 1.98. The Labute approximate surface area is 151 Å². The van der Waals surface area contributed by atoms with E-state index in [9.17, 15) is 0 Å². The largest absolute Gasteiger partial charge is 0.318 e. The van der Waals surface area contributed by atoms with E-state index in [0.717, 1.165) is 16.7 Å². The molecule has 3 aromatic rings. The SMILES string of the molecule is C(#C[Si](C#Cc1ccccc1)C#Cc1ccccc1)c1ccccc1. The van der Waals surface area contributed by atoms with Crippen LogP contribution in [-0.2, 0) is 0 Å². The van der Waals surface area contributed by atoms with E-state index in [2.05, 4.69) is 34.4 Å². The second-order valence-corrected chi connectivity index (χ2v) is 6.72. The zero-order valence-corrected chi connectivity index (χ0v) is 14.7. The first-order valence-electron chi connectivity index (χ1n) is 7.98. The van der Waals surface area contributed by atoms with Gasteiger partial charge >= 0.3 is 8.80 Å². The predicted octanol–water partition coefficient (Wildman–Crippen LogP) is 4.25. The molecule has 0 fully saturated rings. The minimum Gasteiger partial charge on any atom is -0.0949 e. The highest BCUT2D eigenvalue weighted by molar-refractivity contribution is 6.82. The summed E-state index contributed by atoms with van der Waals surface area (Å²) in [6, 6.07) is 29.9. The highest BCUT2D eigenvalue weighted by Gasteiger charge is 2.00. The maximum absolute atomic E-state index is 3.28. The van der Waals surface area contributed by atoms with Crippen LogP contribution in [0.15, 0.2) is 91.0 Å². The molecule has 0 aliphatic carbocycles. The molecule has 0 bridgehead atoms. The highest BCUT2D eigenvalue weighted by atomic mass is 28.3. The fraction of sp³-hybridized carbons (Fsp3) is 0. The summed E-state index contributed by atoms with van der Waals surface area (Å²) in [5.41, 5.74) is 12.8. The lowest BCUT2D eigenvalue weighted by atomic mass is 10.2. The molecule has 0 nitrogen and oxygen atoms in total. The average Bonchev–Trinajstić information content (AvgIpc) is 2.70. The van der Waals surface area contributed by atoms with Gasteiger partial charge in [0.1, 0.15) is 0 Å². The molecular weight excluding hydrogens is 316 g/mol. The number of benzene rings is 3. The van der Waals surface area contributed by atoms with Crippen LogP contribution in [0.4, 0.5) is 0 Å². The van der Waals surface area contributed by atoms with Crippen LogP contribution in [0.2, 0.25) is 0 Å². The summed E-state index contributed by atoms with van der Waals surface area (Å²) in [4.78, 5) is 0. The Morgan fingerprint density at radius 2 is 0.680 bits per heavy atom. The third-order valence-electron chi connectivity index (χ3n) is 3.32. The molecule has 1 heteroatoms. The second kappa shape index (κ2) is 9.00. The first kappa shape index (κ1) is 16.4. The molecule has 0 aromatic heterocycles. The van der Waals surface area contributed by atoms with E-state index in [1.165, 1.54) is 0 Å². The van der Waals surface area contributed by atoms with E-state index < -0.39 is 8.80 Å². The minimum absolute atomic E-state index is 0.994. The number of hydrogen-bond acceptors (Lipinski definition) is 0. The van der Waals surface area contributed by atoms with Gasteiger partial charge in [0.05, 0.1) is 0 Å². The summed E-state index contributed by atoms with van der Waals surface area (Å²) in [6.45, 7) is 0. The first-order valence-corrected chi connectivity index (χ1v) is 9.48. The molecule has 0 heterocycles. The Morgan fingerprint density at radius 3 is 0.960 bits per heavy atom. The van der Waals surface area contributed by atoms with Crippen LogP contribution in [0, 0.1) is 34.4 Å². The van der Waals surface area contributed by atoms with Gasteiger partial charge in [-0.3, -0.25) is 0 Å². The van der Waals surface area contributed by atoms with Gasteiger partial charge in [0.25, 0.3) is 0 Å². The van der Waals surface area contributed by atoms with Crippen LogP contribution < -0.4 is 0 Å². The van der Waals surface area contributed by atoms with Crippen LogP contribution >= 0.6 is 0 Å². The molecule has 3 rings (SSSR count). The maximum Gasteiger partial charge on any atom is 0.318 e. The third kappa shape index (κ3) is 5.60. The van der Waals surface area contributed by atoms with E-state index in [1.807, 2.05) is 91.0 Å². The van der Waals surface area contributed by atoms with Crippen molar-refractivity contribution in [3.8, 4) is 34.4 Å². The van der Waals surface area contributed by atoms with Crippen molar-refractivity contribution in [1.82, 2.24) is 0 Å². The smallest absolute Gasteiger partial charge is 0.0949 e. The number of rotatable bonds is 0. The lowest BCUT2D eigenvalue weighted by molar-refractivity contribution is 1.65. The molecule has 0 saturated heterocycles. The summed E-state index contributed by atoms with van der Waals surface area (Å²) < 4.78 is 0. The summed E-state index contributed by atoms with van der Waals surface area (Å²) >= 11 is 0. The average molecular weight is 331 g/mol. The third-order valence-corrected chi connectivity index (χ3v) is 4.44. The van der Waals surface area contributed by atoms with Gasteiger partial charge in [-0.15, -0.1) is 0 Å². The molecular formula is C24H15Si. The summed E-state index contributed by atoms with van der Waals surface area (Å²) in [6.07, 6.45) is 0. The molecule has 0 aliphatic rings. The zero-order valence-electron chi connectivity index (χ0n) is 13.7. The van der Waals surface area contributed by atoms with Crippen molar-refractivity contribution in [3.63, 3.8) is 0 Å². The Balaban J connectivity index is 1.88. The second-order valence-electron chi connectivity index (χ2n) is 5.22. The topological polar surface area (TPSA) is 0 Å². The molecule has 0 atom stereocenters. The Kier molecular flexibility index (Phi) is 5.91. The normalized spacial score (nSPS) is 9.00. The van der Waals surface area contributed by atoms with E-state index in [0.29, 0.717) is 0 Å². The molecule has 0 amide bonds. The van der Waals surface area contributed by atoms with Crippen LogP contribution in [0.3, 0.4) is 0 Å². The fourth-order valence-corrected chi connectivity index (χ4v) is 3.06.